The van der Waals surface area contributed by atoms with Gasteiger partial charge < -0.3 is 9.47 Å². The van der Waals surface area contributed by atoms with Crippen molar-refractivity contribution >= 4 is 15.9 Å². The maximum absolute atomic E-state index is 13.0. The lowest BCUT2D eigenvalue weighted by Crippen LogP contribution is -2.43. The monoisotopic (exact) mass is 368 g/mol. The van der Waals surface area contributed by atoms with Gasteiger partial charge in [-0.15, -0.1) is 4.83 Å². The molecular formula is C16H17FN2O5S. The van der Waals surface area contributed by atoms with Crippen molar-refractivity contribution in [3.05, 3.63) is 53.8 Å². The van der Waals surface area contributed by atoms with Gasteiger partial charge in [0.25, 0.3) is 15.9 Å². The molecule has 0 unspecified atom stereocenters. The number of carbonyl (C=O) groups is 1. The van der Waals surface area contributed by atoms with Crippen LogP contribution < -0.4 is 19.7 Å². The van der Waals surface area contributed by atoms with Crippen molar-refractivity contribution in [2.45, 2.75) is 11.8 Å². The third kappa shape index (κ3) is 5.16. The Kier molecular flexibility index (Phi) is 5.94. The molecule has 9 heteroatoms. The average molecular weight is 368 g/mol. The molecule has 2 N–H and O–H groups in total. The SMILES string of the molecule is COc1ccc(C)cc1S(=O)(=O)NNC(=O)COc1cccc(F)c1. The minimum atomic E-state index is -4.03. The van der Waals surface area contributed by atoms with Crippen molar-refractivity contribution in [1.82, 2.24) is 10.3 Å². The van der Waals surface area contributed by atoms with Crippen molar-refractivity contribution in [2.24, 2.45) is 0 Å². The number of hydrazine groups is 1. The van der Waals surface area contributed by atoms with Crippen LogP contribution in [-0.4, -0.2) is 28.0 Å². The van der Waals surface area contributed by atoms with Gasteiger partial charge in [0.2, 0.25) is 0 Å². The van der Waals surface area contributed by atoms with Gasteiger partial charge in [0, 0.05) is 6.07 Å². The van der Waals surface area contributed by atoms with E-state index in [2.05, 4.69) is 0 Å². The fourth-order valence-electron chi connectivity index (χ4n) is 1.91. The molecule has 0 heterocycles. The lowest BCUT2D eigenvalue weighted by Gasteiger charge is -2.12. The van der Waals surface area contributed by atoms with Crippen LogP contribution in [0.5, 0.6) is 11.5 Å². The van der Waals surface area contributed by atoms with Crippen LogP contribution in [0.3, 0.4) is 0 Å². The summed E-state index contributed by atoms with van der Waals surface area (Å²) in [6.45, 7) is 1.24. The summed E-state index contributed by atoms with van der Waals surface area (Å²) in [6, 6.07) is 9.86. The number of amides is 1. The van der Waals surface area contributed by atoms with E-state index in [1.165, 1.54) is 37.4 Å². The summed E-state index contributed by atoms with van der Waals surface area (Å²) in [7, 11) is -2.69. The molecule has 0 atom stereocenters. The highest BCUT2D eigenvalue weighted by atomic mass is 32.2. The number of nitrogens with one attached hydrogen (secondary N) is 2. The molecule has 0 aliphatic heterocycles. The van der Waals surface area contributed by atoms with Gasteiger partial charge in [-0.2, -0.15) is 0 Å². The molecule has 0 aliphatic rings. The molecule has 0 bridgehead atoms. The second-order valence-corrected chi connectivity index (χ2v) is 6.70. The lowest BCUT2D eigenvalue weighted by atomic mass is 10.2. The van der Waals surface area contributed by atoms with Crippen molar-refractivity contribution in [1.29, 1.82) is 0 Å². The molecule has 2 rings (SSSR count). The van der Waals surface area contributed by atoms with Crippen molar-refractivity contribution in [3.63, 3.8) is 0 Å². The Morgan fingerprint density at radius 2 is 1.96 bits per heavy atom. The molecular weight excluding hydrogens is 351 g/mol. The first-order valence-electron chi connectivity index (χ1n) is 7.15. The maximum atomic E-state index is 13.0. The van der Waals surface area contributed by atoms with Crippen LogP contribution in [0, 0.1) is 12.7 Å². The largest absolute Gasteiger partial charge is 0.495 e. The highest BCUT2D eigenvalue weighted by Gasteiger charge is 2.20. The number of benzene rings is 2. The Balaban J connectivity index is 1.97. The van der Waals surface area contributed by atoms with Gasteiger partial charge in [0.15, 0.2) is 6.61 Å². The first-order chi connectivity index (χ1) is 11.8. The number of ether oxygens (including phenoxy) is 2. The summed E-state index contributed by atoms with van der Waals surface area (Å²) in [6.07, 6.45) is 0. The fraction of sp³-hybridized carbons (Fsp3) is 0.188. The van der Waals surface area contributed by atoms with E-state index < -0.39 is 28.4 Å². The average Bonchev–Trinajstić information content (AvgIpc) is 2.58. The molecule has 0 saturated carbocycles. The molecule has 134 valence electrons. The number of sulfonamides is 1. The topological polar surface area (TPSA) is 93.7 Å². The maximum Gasteiger partial charge on any atom is 0.272 e. The van der Waals surface area contributed by atoms with Gasteiger partial charge in [0.1, 0.15) is 22.2 Å². The number of aryl methyl sites for hydroxylation is 1. The smallest absolute Gasteiger partial charge is 0.272 e. The van der Waals surface area contributed by atoms with Crippen LogP contribution in [-0.2, 0) is 14.8 Å². The van der Waals surface area contributed by atoms with Crippen LogP contribution in [0.15, 0.2) is 47.4 Å². The van der Waals surface area contributed by atoms with E-state index in [1.807, 2.05) is 10.3 Å². The molecule has 0 fully saturated rings. The summed E-state index contributed by atoms with van der Waals surface area (Å²) in [5.74, 6) is -0.966. The lowest BCUT2D eigenvalue weighted by molar-refractivity contribution is -0.123. The molecule has 1 amide bonds. The van der Waals surface area contributed by atoms with Crippen LogP contribution in [0.2, 0.25) is 0 Å². The third-order valence-corrected chi connectivity index (χ3v) is 4.37. The highest BCUT2D eigenvalue weighted by molar-refractivity contribution is 7.89. The van der Waals surface area contributed by atoms with E-state index in [9.17, 15) is 17.6 Å². The number of carbonyl (C=O) groups excluding carboxylic acids is 1. The molecule has 0 aromatic heterocycles. The standard InChI is InChI=1S/C16H17FN2O5S/c1-11-6-7-14(23-2)15(8-11)25(21,22)19-18-16(20)10-24-13-5-3-4-12(17)9-13/h3-9,19H,10H2,1-2H3,(H,18,20). The van der Waals surface area contributed by atoms with Gasteiger partial charge in [-0.3, -0.25) is 10.2 Å². The predicted molar refractivity (Wildman–Crippen MR) is 88.1 cm³/mol. The zero-order chi connectivity index (χ0) is 18.4. The molecule has 0 aliphatic carbocycles. The van der Waals surface area contributed by atoms with E-state index in [0.29, 0.717) is 5.56 Å². The number of hydrogen-bond acceptors (Lipinski definition) is 5. The summed E-state index contributed by atoms with van der Waals surface area (Å²) in [5.41, 5.74) is 2.74. The number of hydrogen-bond donors (Lipinski definition) is 2. The number of rotatable bonds is 7. The summed E-state index contributed by atoms with van der Waals surface area (Å²) < 4.78 is 47.7. The van der Waals surface area contributed by atoms with E-state index in [0.717, 1.165) is 6.07 Å². The third-order valence-electron chi connectivity index (χ3n) is 3.10. The molecule has 7 nitrogen and oxygen atoms in total. The zero-order valence-corrected chi connectivity index (χ0v) is 14.4. The second kappa shape index (κ2) is 7.95. The normalized spacial score (nSPS) is 11.0. The molecule has 2 aromatic rings. The summed E-state index contributed by atoms with van der Waals surface area (Å²) in [4.78, 5) is 13.6. The first kappa shape index (κ1) is 18.7. The molecule has 0 spiro atoms. The minimum absolute atomic E-state index is 0.110. The number of methoxy groups -OCH3 is 1. The minimum Gasteiger partial charge on any atom is -0.495 e. The van der Waals surface area contributed by atoms with E-state index in [4.69, 9.17) is 9.47 Å². The highest BCUT2D eigenvalue weighted by Crippen LogP contribution is 2.24. The van der Waals surface area contributed by atoms with Crippen molar-refractivity contribution in [2.75, 3.05) is 13.7 Å². The Hall–Kier alpha value is -2.65. The Morgan fingerprint density at radius 3 is 2.64 bits per heavy atom. The van der Waals surface area contributed by atoms with E-state index in [-0.39, 0.29) is 16.4 Å². The van der Waals surface area contributed by atoms with Gasteiger partial charge in [0.05, 0.1) is 7.11 Å². The number of halogens is 1. The zero-order valence-electron chi connectivity index (χ0n) is 13.6. The van der Waals surface area contributed by atoms with E-state index in [1.54, 1.807) is 13.0 Å². The molecule has 25 heavy (non-hydrogen) atoms. The molecule has 0 radical (unpaired) electrons. The van der Waals surface area contributed by atoms with Crippen LogP contribution in [0.4, 0.5) is 4.39 Å². The molecule has 0 saturated heterocycles. The van der Waals surface area contributed by atoms with Crippen LogP contribution in [0.25, 0.3) is 0 Å². The predicted octanol–water partition coefficient (Wildman–Crippen LogP) is 1.53. The van der Waals surface area contributed by atoms with Crippen molar-refractivity contribution < 1.29 is 27.1 Å². The second-order valence-electron chi connectivity index (χ2n) is 5.05. The van der Waals surface area contributed by atoms with E-state index >= 15 is 0 Å². The van der Waals surface area contributed by atoms with Crippen LogP contribution in [0.1, 0.15) is 5.56 Å². The Morgan fingerprint density at radius 1 is 1.20 bits per heavy atom. The van der Waals surface area contributed by atoms with Gasteiger partial charge in [-0.25, -0.2) is 12.8 Å². The quantitative estimate of drug-likeness (QED) is 0.723. The van der Waals surface area contributed by atoms with Gasteiger partial charge in [-0.05, 0) is 36.8 Å². The van der Waals surface area contributed by atoms with Gasteiger partial charge >= 0.3 is 0 Å². The summed E-state index contributed by atoms with van der Waals surface area (Å²) >= 11 is 0. The van der Waals surface area contributed by atoms with Gasteiger partial charge in [-0.1, -0.05) is 12.1 Å². The molecule has 2 aromatic carbocycles. The fourth-order valence-corrected chi connectivity index (χ4v) is 3.03. The first-order valence-corrected chi connectivity index (χ1v) is 8.64. The van der Waals surface area contributed by atoms with Crippen LogP contribution >= 0.6 is 0 Å². The Bertz CT molecular complexity index is 871. The van der Waals surface area contributed by atoms with Crippen molar-refractivity contribution in [3.8, 4) is 11.5 Å². The Labute approximate surface area is 144 Å². The summed E-state index contributed by atoms with van der Waals surface area (Å²) in [5, 5.41) is 0.